The lowest BCUT2D eigenvalue weighted by molar-refractivity contribution is -0.385. The highest BCUT2D eigenvalue weighted by molar-refractivity contribution is 5.93. The number of hydrogen-bond donors (Lipinski definition) is 1. The molecule has 0 radical (unpaired) electrons. The molecule has 11 heteroatoms. The summed E-state index contributed by atoms with van der Waals surface area (Å²) in [7, 11) is 0. The summed E-state index contributed by atoms with van der Waals surface area (Å²) in [6.07, 6.45) is 2.23. The number of amides is 1. The van der Waals surface area contributed by atoms with Gasteiger partial charge < -0.3 is 10.1 Å². The molecule has 0 aliphatic rings. The lowest BCUT2D eigenvalue weighted by Gasteiger charge is -2.08. The molecule has 1 heterocycles. The number of aromatic nitrogens is 2. The van der Waals surface area contributed by atoms with Gasteiger partial charge in [-0.25, -0.2) is 0 Å². The molecule has 0 aliphatic heterocycles. The molecule has 2 aromatic rings. The van der Waals surface area contributed by atoms with E-state index in [2.05, 4.69) is 10.4 Å². The molecule has 0 saturated carbocycles. The third kappa shape index (κ3) is 4.73. The van der Waals surface area contributed by atoms with Gasteiger partial charge in [0.2, 0.25) is 5.91 Å². The van der Waals surface area contributed by atoms with Crippen molar-refractivity contribution in [1.29, 1.82) is 0 Å². The van der Waals surface area contributed by atoms with Gasteiger partial charge in [0.05, 0.1) is 22.5 Å². The van der Waals surface area contributed by atoms with E-state index in [1.54, 1.807) is 6.92 Å². The maximum Gasteiger partial charge on any atom is 0.306 e. The molecule has 1 aromatic heterocycles. The van der Waals surface area contributed by atoms with Crippen LogP contribution in [-0.4, -0.2) is 32.1 Å². The highest BCUT2D eigenvalue weighted by Crippen LogP contribution is 2.29. The van der Waals surface area contributed by atoms with Crippen LogP contribution in [0, 0.1) is 20.2 Å². The van der Waals surface area contributed by atoms with E-state index in [0.717, 1.165) is 6.20 Å². The Morgan fingerprint density at radius 3 is 2.68 bits per heavy atom. The first-order valence-corrected chi connectivity index (χ1v) is 7.28. The van der Waals surface area contributed by atoms with Gasteiger partial charge in [-0.05, 0) is 19.1 Å². The highest BCUT2D eigenvalue weighted by Gasteiger charge is 2.17. The van der Waals surface area contributed by atoms with Gasteiger partial charge in [-0.2, -0.15) is 5.10 Å². The van der Waals surface area contributed by atoms with Crippen molar-refractivity contribution >= 4 is 23.0 Å². The van der Waals surface area contributed by atoms with Gasteiger partial charge in [0.25, 0.3) is 5.69 Å². The Hall–Kier alpha value is -3.50. The monoisotopic (exact) mass is 349 g/mol. The number of ether oxygens (including phenoxy) is 1. The fourth-order valence-corrected chi connectivity index (χ4v) is 2.02. The fraction of sp³-hybridized carbons (Fsp3) is 0.286. The second-order valence-corrected chi connectivity index (χ2v) is 4.89. The zero-order chi connectivity index (χ0) is 18.4. The molecule has 0 saturated heterocycles. The zero-order valence-corrected chi connectivity index (χ0v) is 13.2. The standard InChI is InChI=1S/C14H15N5O6/c1-2-25-11-3-4-12(13(7-11)19(23)24)16-14(20)5-6-17-9-10(8-15-17)18(21)22/h3-4,7-9H,2,5-6H2,1H3,(H,16,20). The van der Waals surface area contributed by atoms with E-state index in [1.807, 2.05) is 0 Å². The van der Waals surface area contributed by atoms with Crippen LogP contribution >= 0.6 is 0 Å². The third-order valence-corrected chi connectivity index (χ3v) is 3.15. The maximum absolute atomic E-state index is 12.0. The van der Waals surface area contributed by atoms with Crippen molar-refractivity contribution in [3.8, 4) is 5.75 Å². The molecule has 132 valence electrons. The number of nitro groups is 2. The van der Waals surface area contributed by atoms with Crippen LogP contribution in [0.1, 0.15) is 13.3 Å². The first-order chi connectivity index (χ1) is 11.9. The number of benzene rings is 1. The van der Waals surface area contributed by atoms with E-state index in [-0.39, 0.29) is 30.0 Å². The molecular weight excluding hydrogens is 334 g/mol. The summed E-state index contributed by atoms with van der Waals surface area (Å²) < 4.78 is 6.45. The Morgan fingerprint density at radius 2 is 2.08 bits per heavy atom. The fourth-order valence-electron chi connectivity index (χ4n) is 2.02. The number of nitrogens with one attached hydrogen (secondary N) is 1. The normalized spacial score (nSPS) is 10.3. The van der Waals surface area contributed by atoms with Crippen molar-refractivity contribution in [2.24, 2.45) is 0 Å². The quantitative estimate of drug-likeness (QED) is 0.568. The summed E-state index contributed by atoms with van der Waals surface area (Å²) >= 11 is 0. The Labute approximate surface area is 141 Å². The molecule has 1 N–H and O–H groups in total. The SMILES string of the molecule is CCOc1ccc(NC(=O)CCn2cc([N+](=O)[O-])cn2)c([N+](=O)[O-])c1. The number of nitrogens with zero attached hydrogens (tertiary/aromatic N) is 4. The number of rotatable bonds is 8. The minimum Gasteiger partial charge on any atom is -0.494 e. The Morgan fingerprint density at radius 1 is 1.32 bits per heavy atom. The van der Waals surface area contributed by atoms with E-state index < -0.39 is 15.8 Å². The molecule has 11 nitrogen and oxygen atoms in total. The first-order valence-electron chi connectivity index (χ1n) is 7.28. The molecule has 0 atom stereocenters. The summed E-state index contributed by atoms with van der Waals surface area (Å²) in [5.74, 6) is -0.151. The smallest absolute Gasteiger partial charge is 0.306 e. The van der Waals surface area contributed by atoms with E-state index in [9.17, 15) is 25.0 Å². The number of hydrogen-bond acceptors (Lipinski definition) is 7. The highest BCUT2D eigenvalue weighted by atomic mass is 16.6. The first kappa shape index (κ1) is 17.8. The maximum atomic E-state index is 12.0. The molecule has 0 fully saturated rings. The third-order valence-electron chi connectivity index (χ3n) is 3.15. The summed E-state index contributed by atoms with van der Waals surface area (Å²) in [6.45, 7) is 2.21. The van der Waals surface area contributed by atoms with Crippen LogP contribution < -0.4 is 10.1 Å². The Balaban J connectivity index is 2.01. The molecule has 0 spiro atoms. The second-order valence-electron chi connectivity index (χ2n) is 4.89. The summed E-state index contributed by atoms with van der Waals surface area (Å²) in [6, 6.07) is 4.14. The van der Waals surface area contributed by atoms with Crippen LogP contribution in [0.2, 0.25) is 0 Å². The van der Waals surface area contributed by atoms with E-state index in [4.69, 9.17) is 4.74 Å². The summed E-state index contributed by atoms with van der Waals surface area (Å²) in [5.41, 5.74) is -0.415. The predicted octanol–water partition coefficient (Wildman–Crippen LogP) is 2.13. The van der Waals surface area contributed by atoms with Gasteiger partial charge in [0, 0.05) is 13.0 Å². The van der Waals surface area contributed by atoms with Crippen LogP contribution in [-0.2, 0) is 11.3 Å². The van der Waals surface area contributed by atoms with Crippen molar-refractivity contribution in [3.63, 3.8) is 0 Å². The minimum atomic E-state index is -0.616. The van der Waals surface area contributed by atoms with Crippen molar-refractivity contribution in [2.75, 3.05) is 11.9 Å². The molecule has 0 bridgehead atoms. The number of carbonyl (C=O) groups excluding carboxylic acids is 1. The summed E-state index contributed by atoms with van der Waals surface area (Å²) in [4.78, 5) is 32.5. The van der Waals surface area contributed by atoms with Crippen LogP contribution in [0.25, 0.3) is 0 Å². The van der Waals surface area contributed by atoms with Gasteiger partial charge in [-0.15, -0.1) is 0 Å². The average Bonchev–Trinajstić information content (AvgIpc) is 3.04. The van der Waals surface area contributed by atoms with E-state index >= 15 is 0 Å². The molecule has 1 amide bonds. The minimum absolute atomic E-state index is 0.0462. The van der Waals surface area contributed by atoms with Crippen LogP contribution in [0.3, 0.4) is 0 Å². The molecule has 0 aliphatic carbocycles. The van der Waals surface area contributed by atoms with Gasteiger partial charge >= 0.3 is 5.69 Å². The Bertz CT molecular complexity index is 803. The molecule has 1 aromatic carbocycles. The largest absolute Gasteiger partial charge is 0.494 e. The lowest BCUT2D eigenvalue weighted by atomic mass is 10.2. The van der Waals surface area contributed by atoms with Crippen molar-refractivity contribution in [3.05, 3.63) is 50.8 Å². The van der Waals surface area contributed by atoms with Crippen molar-refractivity contribution < 1.29 is 19.4 Å². The second kappa shape index (κ2) is 7.86. The predicted molar refractivity (Wildman–Crippen MR) is 86.4 cm³/mol. The van der Waals surface area contributed by atoms with Gasteiger partial charge in [-0.3, -0.25) is 29.7 Å². The van der Waals surface area contributed by atoms with Crippen LogP contribution in [0.15, 0.2) is 30.6 Å². The molecular formula is C14H15N5O6. The van der Waals surface area contributed by atoms with E-state index in [1.165, 1.54) is 29.1 Å². The average molecular weight is 349 g/mol. The van der Waals surface area contributed by atoms with Gasteiger partial charge in [0.15, 0.2) is 0 Å². The Kier molecular flexibility index (Phi) is 5.61. The van der Waals surface area contributed by atoms with Crippen LogP contribution in [0.5, 0.6) is 5.75 Å². The number of aryl methyl sites for hydroxylation is 1. The zero-order valence-electron chi connectivity index (χ0n) is 13.2. The van der Waals surface area contributed by atoms with Crippen molar-refractivity contribution in [1.82, 2.24) is 9.78 Å². The number of anilines is 1. The number of carbonyl (C=O) groups is 1. The molecule has 0 unspecified atom stereocenters. The van der Waals surface area contributed by atoms with Crippen LogP contribution in [0.4, 0.5) is 17.1 Å². The molecule has 25 heavy (non-hydrogen) atoms. The van der Waals surface area contributed by atoms with E-state index in [0.29, 0.717) is 12.4 Å². The number of nitro benzene ring substituents is 1. The lowest BCUT2D eigenvalue weighted by Crippen LogP contribution is -2.15. The van der Waals surface area contributed by atoms with Gasteiger partial charge in [0.1, 0.15) is 23.8 Å². The summed E-state index contributed by atoms with van der Waals surface area (Å²) in [5, 5.41) is 27.9. The molecule has 2 rings (SSSR count). The van der Waals surface area contributed by atoms with Crippen molar-refractivity contribution in [2.45, 2.75) is 19.9 Å². The van der Waals surface area contributed by atoms with Gasteiger partial charge in [-0.1, -0.05) is 0 Å². The topological polar surface area (TPSA) is 142 Å².